The summed E-state index contributed by atoms with van der Waals surface area (Å²) in [4.78, 5) is 12.1. The van der Waals surface area contributed by atoms with E-state index in [1.165, 1.54) is 24.3 Å². The highest BCUT2D eigenvalue weighted by Crippen LogP contribution is 2.34. The molecule has 22 heavy (non-hydrogen) atoms. The molecule has 2 aromatic rings. The zero-order valence-corrected chi connectivity index (χ0v) is 11.8. The summed E-state index contributed by atoms with van der Waals surface area (Å²) in [6.45, 7) is 1.79. The zero-order valence-electron chi connectivity index (χ0n) is 11.8. The third kappa shape index (κ3) is 3.11. The van der Waals surface area contributed by atoms with E-state index in [9.17, 15) is 9.18 Å². The van der Waals surface area contributed by atoms with E-state index in [1.54, 1.807) is 25.1 Å². The van der Waals surface area contributed by atoms with Gasteiger partial charge in [-0.3, -0.25) is 4.79 Å². The molecule has 0 unspecified atom stereocenters. The molecule has 0 aliphatic carbocycles. The van der Waals surface area contributed by atoms with E-state index in [0.717, 1.165) is 0 Å². The number of benzene rings is 2. The third-order valence-corrected chi connectivity index (χ3v) is 3.14. The number of carbonyl (C=O) groups excluding carboxylic acids is 1. The summed E-state index contributed by atoms with van der Waals surface area (Å²) in [5.74, 6) is 0.987. The molecule has 0 aromatic heterocycles. The lowest BCUT2D eigenvalue weighted by Gasteiger charge is -2.15. The fraction of sp³-hybridized carbons (Fsp3) is 0.188. The van der Waals surface area contributed by atoms with E-state index in [4.69, 9.17) is 14.2 Å². The Hall–Kier alpha value is -2.76. The van der Waals surface area contributed by atoms with Gasteiger partial charge in [-0.1, -0.05) is 0 Å². The predicted octanol–water partition coefficient (Wildman–Crippen LogP) is 2.96. The molecule has 1 atom stereocenters. The van der Waals surface area contributed by atoms with Crippen molar-refractivity contribution >= 4 is 11.6 Å². The number of nitrogens with one attached hydrogen (secondary N) is 1. The van der Waals surface area contributed by atoms with Crippen LogP contribution in [0.5, 0.6) is 17.2 Å². The molecule has 1 N–H and O–H groups in total. The molecule has 114 valence electrons. The summed E-state index contributed by atoms with van der Waals surface area (Å²) in [6.07, 6.45) is -0.726. The van der Waals surface area contributed by atoms with Gasteiger partial charge < -0.3 is 19.5 Å². The molecule has 0 bridgehead atoms. The standard InChI is InChI=1S/C16H14FNO4/c1-10(22-13-5-2-11(17)3-6-13)16(19)18-12-4-7-14-15(8-12)21-9-20-14/h2-8,10H,9H2,1H3,(H,18,19)/t10-/m1/s1. The predicted molar refractivity (Wildman–Crippen MR) is 77.7 cm³/mol. The summed E-state index contributed by atoms with van der Waals surface area (Å²) >= 11 is 0. The topological polar surface area (TPSA) is 56.8 Å². The van der Waals surface area contributed by atoms with E-state index in [-0.39, 0.29) is 18.5 Å². The fourth-order valence-corrected chi connectivity index (χ4v) is 1.99. The fourth-order valence-electron chi connectivity index (χ4n) is 1.99. The van der Waals surface area contributed by atoms with Crippen molar-refractivity contribution in [2.24, 2.45) is 0 Å². The largest absolute Gasteiger partial charge is 0.481 e. The molecule has 0 saturated heterocycles. The molecule has 1 heterocycles. The first kappa shape index (κ1) is 14.2. The van der Waals surface area contributed by atoms with Gasteiger partial charge in [0.1, 0.15) is 11.6 Å². The van der Waals surface area contributed by atoms with Crippen molar-refractivity contribution in [3.05, 3.63) is 48.3 Å². The second-order valence-electron chi connectivity index (χ2n) is 4.77. The average molecular weight is 303 g/mol. The smallest absolute Gasteiger partial charge is 0.265 e. The number of halogens is 1. The van der Waals surface area contributed by atoms with Gasteiger partial charge in [0.25, 0.3) is 5.91 Å². The van der Waals surface area contributed by atoms with E-state index in [2.05, 4.69) is 5.32 Å². The Morgan fingerprint density at radius 1 is 1.18 bits per heavy atom. The van der Waals surface area contributed by atoms with Gasteiger partial charge in [-0.15, -0.1) is 0 Å². The second kappa shape index (κ2) is 5.93. The molecule has 6 heteroatoms. The first-order valence-corrected chi connectivity index (χ1v) is 6.74. The number of amides is 1. The second-order valence-corrected chi connectivity index (χ2v) is 4.77. The molecular formula is C16H14FNO4. The Morgan fingerprint density at radius 3 is 2.68 bits per heavy atom. The Kier molecular flexibility index (Phi) is 3.82. The number of rotatable bonds is 4. The first-order chi connectivity index (χ1) is 10.6. The average Bonchev–Trinajstić information content (AvgIpc) is 2.97. The SMILES string of the molecule is C[C@@H](Oc1ccc(F)cc1)C(=O)Nc1ccc2c(c1)OCO2. The van der Waals surface area contributed by atoms with Crippen molar-refractivity contribution in [1.82, 2.24) is 0 Å². The summed E-state index contributed by atoms with van der Waals surface area (Å²) in [6, 6.07) is 10.6. The quantitative estimate of drug-likeness (QED) is 0.943. The maximum atomic E-state index is 12.8. The molecule has 3 rings (SSSR count). The molecule has 0 radical (unpaired) electrons. The van der Waals surface area contributed by atoms with E-state index >= 15 is 0 Å². The number of fused-ring (bicyclic) bond motifs is 1. The van der Waals surface area contributed by atoms with Crippen LogP contribution in [0.1, 0.15) is 6.92 Å². The Morgan fingerprint density at radius 2 is 1.91 bits per heavy atom. The number of hydrogen-bond donors (Lipinski definition) is 1. The highest BCUT2D eigenvalue weighted by Gasteiger charge is 2.18. The van der Waals surface area contributed by atoms with Gasteiger partial charge in [0.05, 0.1) is 0 Å². The van der Waals surface area contributed by atoms with Crippen LogP contribution in [0.15, 0.2) is 42.5 Å². The van der Waals surface area contributed by atoms with E-state index in [0.29, 0.717) is 22.9 Å². The first-order valence-electron chi connectivity index (χ1n) is 6.74. The minimum Gasteiger partial charge on any atom is -0.481 e. The van der Waals surface area contributed by atoms with Crippen LogP contribution in [0, 0.1) is 5.82 Å². The van der Waals surface area contributed by atoms with Gasteiger partial charge in [0.15, 0.2) is 17.6 Å². The summed E-state index contributed by atoms with van der Waals surface area (Å²) in [5.41, 5.74) is 0.587. The molecule has 1 aliphatic heterocycles. The van der Waals surface area contributed by atoms with Crippen LogP contribution in [0.2, 0.25) is 0 Å². The minimum absolute atomic E-state index is 0.177. The van der Waals surface area contributed by atoms with Gasteiger partial charge >= 0.3 is 0 Å². The molecule has 1 aliphatic rings. The Balaban J connectivity index is 1.62. The van der Waals surface area contributed by atoms with Crippen LogP contribution >= 0.6 is 0 Å². The lowest BCUT2D eigenvalue weighted by atomic mass is 10.2. The number of anilines is 1. The molecule has 5 nitrogen and oxygen atoms in total. The van der Waals surface area contributed by atoms with Gasteiger partial charge in [-0.25, -0.2) is 4.39 Å². The number of ether oxygens (including phenoxy) is 3. The lowest BCUT2D eigenvalue weighted by Crippen LogP contribution is -2.30. The Labute approximate surface area is 126 Å². The van der Waals surface area contributed by atoms with Gasteiger partial charge in [-0.05, 0) is 43.3 Å². The van der Waals surface area contributed by atoms with E-state index < -0.39 is 6.10 Å². The van der Waals surface area contributed by atoms with Crippen LogP contribution in [0.3, 0.4) is 0 Å². The molecule has 0 fully saturated rings. The van der Waals surface area contributed by atoms with Crippen LogP contribution in [-0.4, -0.2) is 18.8 Å². The Bertz CT molecular complexity index is 687. The lowest BCUT2D eigenvalue weighted by molar-refractivity contribution is -0.122. The molecular weight excluding hydrogens is 289 g/mol. The van der Waals surface area contributed by atoms with Gasteiger partial charge in [0.2, 0.25) is 6.79 Å². The van der Waals surface area contributed by atoms with Gasteiger partial charge in [-0.2, -0.15) is 0 Å². The third-order valence-electron chi connectivity index (χ3n) is 3.14. The van der Waals surface area contributed by atoms with Crippen molar-refractivity contribution < 1.29 is 23.4 Å². The normalized spacial score (nSPS) is 13.5. The van der Waals surface area contributed by atoms with Crippen molar-refractivity contribution in [3.8, 4) is 17.2 Å². The van der Waals surface area contributed by atoms with Gasteiger partial charge in [0, 0.05) is 11.8 Å². The van der Waals surface area contributed by atoms with Crippen LogP contribution < -0.4 is 19.5 Å². The minimum atomic E-state index is -0.726. The maximum Gasteiger partial charge on any atom is 0.265 e. The van der Waals surface area contributed by atoms with Crippen molar-refractivity contribution in [2.75, 3.05) is 12.1 Å². The van der Waals surface area contributed by atoms with Crippen LogP contribution in [0.25, 0.3) is 0 Å². The maximum absolute atomic E-state index is 12.8. The van der Waals surface area contributed by atoms with Crippen molar-refractivity contribution in [3.63, 3.8) is 0 Å². The molecule has 1 amide bonds. The number of hydrogen-bond acceptors (Lipinski definition) is 4. The van der Waals surface area contributed by atoms with Crippen LogP contribution in [0.4, 0.5) is 10.1 Å². The highest BCUT2D eigenvalue weighted by atomic mass is 19.1. The number of carbonyl (C=O) groups is 1. The van der Waals surface area contributed by atoms with Crippen molar-refractivity contribution in [1.29, 1.82) is 0 Å². The summed E-state index contributed by atoms with van der Waals surface area (Å²) in [7, 11) is 0. The zero-order chi connectivity index (χ0) is 15.5. The monoisotopic (exact) mass is 303 g/mol. The highest BCUT2D eigenvalue weighted by molar-refractivity contribution is 5.94. The molecule has 0 spiro atoms. The molecule has 0 saturated carbocycles. The van der Waals surface area contributed by atoms with Crippen molar-refractivity contribution in [2.45, 2.75) is 13.0 Å². The van der Waals surface area contributed by atoms with E-state index in [1.807, 2.05) is 0 Å². The summed E-state index contributed by atoms with van der Waals surface area (Å²) in [5, 5.41) is 2.73. The molecule has 2 aromatic carbocycles. The summed E-state index contributed by atoms with van der Waals surface area (Å²) < 4.78 is 28.7. The van der Waals surface area contributed by atoms with Crippen LogP contribution in [-0.2, 0) is 4.79 Å².